The van der Waals surface area contributed by atoms with Crippen molar-refractivity contribution >= 4 is 11.3 Å². The second-order valence-electron chi connectivity index (χ2n) is 4.66. The van der Waals surface area contributed by atoms with E-state index in [4.69, 9.17) is 0 Å². The largest absolute Gasteiger partial charge is 0.309 e. The molecule has 0 bridgehead atoms. The Morgan fingerprint density at radius 3 is 3.11 bits per heavy atom. The smallest absolute Gasteiger partial charge is 0.136 e. The van der Waals surface area contributed by atoms with E-state index in [-0.39, 0.29) is 5.82 Å². The number of hydrogen-bond donors (Lipinski definition) is 1. The van der Waals surface area contributed by atoms with Crippen LogP contribution in [0.25, 0.3) is 10.6 Å². The van der Waals surface area contributed by atoms with Crippen LogP contribution in [-0.2, 0) is 0 Å². The highest BCUT2D eigenvalue weighted by molar-refractivity contribution is 7.13. The van der Waals surface area contributed by atoms with E-state index in [1.54, 1.807) is 19.1 Å². The fourth-order valence-corrected chi connectivity index (χ4v) is 3.21. The Morgan fingerprint density at radius 1 is 1.44 bits per heavy atom. The third-order valence-electron chi connectivity index (χ3n) is 3.36. The van der Waals surface area contributed by atoms with Crippen LogP contribution < -0.4 is 5.32 Å². The van der Waals surface area contributed by atoms with Gasteiger partial charge in [0.15, 0.2) is 0 Å². The normalized spacial score (nSPS) is 19.3. The number of thiazole rings is 1. The van der Waals surface area contributed by atoms with Crippen molar-refractivity contribution in [3.05, 3.63) is 40.7 Å². The van der Waals surface area contributed by atoms with Crippen LogP contribution >= 0.6 is 11.3 Å². The van der Waals surface area contributed by atoms with Crippen molar-refractivity contribution in [2.75, 3.05) is 6.54 Å². The summed E-state index contributed by atoms with van der Waals surface area (Å²) < 4.78 is 14.0. The minimum absolute atomic E-state index is 0.155. The first kappa shape index (κ1) is 11.8. The minimum atomic E-state index is -0.155. The fourth-order valence-electron chi connectivity index (χ4n) is 2.32. The molecule has 1 N–H and O–H groups in total. The molecule has 0 radical (unpaired) electrons. The van der Waals surface area contributed by atoms with Crippen molar-refractivity contribution in [1.29, 1.82) is 0 Å². The van der Waals surface area contributed by atoms with Gasteiger partial charge >= 0.3 is 0 Å². The number of aryl methyl sites for hydroxylation is 1. The summed E-state index contributed by atoms with van der Waals surface area (Å²) in [5.41, 5.74) is 2.33. The molecule has 1 saturated heterocycles. The summed E-state index contributed by atoms with van der Waals surface area (Å²) in [7, 11) is 0. The SMILES string of the molecule is Cc1cccc(-c2nc([C@@H]3CCCN3)cs2)c1F. The summed E-state index contributed by atoms with van der Waals surface area (Å²) in [5.74, 6) is -0.155. The molecule has 18 heavy (non-hydrogen) atoms. The zero-order chi connectivity index (χ0) is 12.5. The number of nitrogens with one attached hydrogen (secondary N) is 1. The van der Waals surface area contributed by atoms with Gasteiger partial charge in [0.05, 0.1) is 11.7 Å². The summed E-state index contributed by atoms with van der Waals surface area (Å²) in [4.78, 5) is 4.58. The van der Waals surface area contributed by atoms with Crippen molar-refractivity contribution < 1.29 is 4.39 Å². The molecule has 2 aromatic rings. The predicted octanol–water partition coefficient (Wildman–Crippen LogP) is 3.68. The molecule has 1 aliphatic rings. The lowest BCUT2D eigenvalue weighted by molar-refractivity contribution is 0.619. The first-order valence-electron chi connectivity index (χ1n) is 6.20. The van der Waals surface area contributed by atoms with Crippen molar-refractivity contribution in [3.8, 4) is 10.6 Å². The molecular formula is C14H15FN2S. The molecule has 0 unspecified atom stereocenters. The molecule has 2 heterocycles. The molecule has 1 aliphatic heterocycles. The number of aromatic nitrogens is 1. The lowest BCUT2D eigenvalue weighted by Crippen LogP contribution is -2.12. The Balaban J connectivity index is 1.95. The first-order chi connectivity index (χ1) is 8.75. The average molecular weight is 262 g/mol. The monoisotopic (exact) mass is 262 g/mol. The van der Waals surface area contributed by atoms with Gasteiger partial charge in [0.1, 0.15) is 10.8 Å². The van der Waals surface area contributed by atoms with Gasteiger partial charge in [-0.1, -0.05) is 12.1 Å². The average Bonchev–Trinajstić information content (AvgIpc) is 3.01. The van der Waals surface area contributed by atoms with Crippen LogP contribution in [0.5, 0.6) is 0 Å². The lowest BCUT2D eigenvalue weighted by atomic mass is 10.1. The van der Waals surface area contributed by atoms with E-state index in [9.17, 15) is 4.39 Å². The minimum Gasteiger partial charge on any atom is -0.309 e. The van der Waals surface area contributed by atoms with Gasteiger partial charge in [0.25, 0.3) is 0 Å². The van der Waals surface area contributed by atoms with Gasteiger partial charge in [0.2, 0.25) is 0 Å². The summed E-state index contributed by atoms with van der Waals surface area (Å²) >= 11 is 1.52. The molecule has 0 spiro atoms. The van der Waals surface area contributed by atoms with Crippen molar-refractivity contribution in [2.45, 2.75) is 25.8 Å². The highest BCUT2D eigenvalue weighted by atomic mass is 32.1. The maximum Gasteiger partial charge on any atom is 0.136 e. The first-order valence-corrected chi connectivity index (χ1v) is 7.08. The Bertz CT molecular complexity index is 559. The van der Waals surface area contributed by atoms with Crippen LogP contribution in [0.4, 0.5) is 4.39 Å². The molecule has 3 rings (SSSR count). The van der Waals surface area contributed by atoms with Gasteiger partial charge in [-0.25, -0.2) is 9.37 Å². The number of hydrogen-bond acceptors (Lipinski definition) is 3. The van der Waals surface area contributed by atoms with Gasteiger partial charge in [-0.3, -0.25) is 0 Å². The molecule has 1 atom stereocenters. The maximum absolute atomic E-state index is 14.0. The summed E-state index contributed by atoms with van der Waals surface area (Å²) in [5, 5.41) is 6.23. The van der Waals surface area contributed by atoms with E-state index in [0.717, 1.165) is 23.7 Å². The second kappa shape index (κ2) is 4.78. The predicted molar refractivity (Wildman–Crippen MR) is 72.2 cm³/mol. The van der Waals surface area contributed by atoms with Gasteiger partial charge in [-0.15, -0.1) is 11.3 Å². The second-order valence-corrected chi connectivity index (χ2v) is 5.52. The van der Waals surface area contributed by atoms with E-state index in [0.29, 0.717) is 17.2 Å². The lowest BCUT2D eigenvalue weighted by Gasteiger charge is -2.05. The van der Waals surface area contributed by atoms with E-state index in [1.807, 2.05) is 11.4 Å². The highest BCUT2D eigenvalue weighted by Crippen LogP contribution is 2.31. The highest BCUT2D eigenvalue weighted by Gasteiger charge is 2.20. The number of rotatable bonds is 2. The molecule has 1 aromatic carbocycles. The van der Waals surface area contributed by atoms with E-state index < -0.39 is 0 Å². The van der Waals surface area contributed by atoms with Crippen LogP contribution in [0, 0.1) is 12.7 Å². The molecule has 1 fully saturated rings. The molecule has 1 aromatic heterocycles. The van der Waals surface area contributed by atoms with Crippen LogP contribution in [0.15, 0.2) is 23.6 Å². The zero-order valence-electron chi connectivity index (χ0n) is 10.2. The van der Waals surface area contributed by atoms with Crippen LogP contribution in [0.2, 0.25) is 0 Å². The topological polar surface area (TPSA) is 24.9 Å². The Morgan fingerprint density at radius 2 is 2.33 bits per heavy atom. The Hall–Kier alpha value is -1.26. The van der Waals surface area contributed by atoms with Gasteiger partial charge < -0.3 is 5.32 Å². The quantitative estimate of drug-likeness (QED) is 0.893. The number of benzene rings is 1. The number of halogens is 1. The zero-order valence-corrected chi connectivity index (χ0v) is 11.1. The summed E-state index contributed by atoms with van der Waals surface area (Å²) in [6.45, 7) is 2.84. The van der Waals surface area contributed by atoms with Gasteiger partial charge in [0, 0.05) is 10.9 Å². The standard InChI is InChI=1S/C14H15FN2S/c1-9-4-2-5-10(13(9)15)14-17-12(8-18-14)11-6-3-7-16-11/h2,4-5,8,11,16H,3,6-7H2,1H3/t11-/m0/s1. The molecule has 0 aliphatic carbocycles. The molecule has 0 amide bonds. The molecule has 0 saturated carbocycles. The van der Waals surface area contributed by atoms with Gasteiger partial charge in [-0.05, 0) is 37.9 Å². The van der Waals surface area contributed by atoms with E-state index in [2.05, 4.69) is 10.3 Å². The molecule has 2 nitrogen and oxygen atoms in total. The van der Waals surface area contributed by atoms with E-state index >= 15 is 0 Å². The van der Waals surface area contributed by atoms with Crippen LogP contribution in [0.1, 0.15) is 30.1 Å². The van der Waals surface area contributed by atoms with Crippen molar-refractivity contribution in [2.24, 2.45) is 0 Å². The van der Waals surface area contributed by atoms with Crippen molar-refractivity contribution in [3.63, 3.8) is 0 Å². The third-order valence-corrected chi connectivity index (χ3v) is 4.26. The van der Waals surface area contributed by atoms with E-state index in [1.165, 1.54) is 17.8 Å². The molecular weight excluding hydrogens is 247 g/mol. The van der Waals surface area contributed by atoms with Gasteiger partial charge in [-0.2, -0.15) is 0 Å². The van der Waals surface area contributed by atoms with Crippen molar-refractivity contribution in [1.82, 2.24) is 10.3 Å². The van der Waals surface area contributed by atoms with Crippen LogP contribution in [0.3, 0.4) is 0 Å². The molecule has 4 heteroatoms. The number of nitrogens with zero attached hydrogens (tertiary/aromatic N) is 1. The summed E-state index contributed by atoms with van der Waals surface area (Å²) in [6, 6.07) is 5.81. The Labute approximate surface area is 110 Å². The summed E-state index contributed by atoms with van der Waals surface area (Å²) in [6.07, 6.45) is 2.32. The fraction of sp³-hybridized carbons (Fsp3) is 0.357. The Kier molecular flexibility index (Phi) is 3.14. The maximum atomic E-state index is 14.0. The molecule has 94 valence electrons. The third kappa shape index (κ3) is 2.06. The van der Waals surface area contributed by atoms with Crippen LogP contribution in [-0.4, -0.2) is 11.5 Å².